The molecule has 4 nitrogen and oxygen atoms in total. The topological polar surface area (TPSA) is 44.8 Å². The van der Waals surface area contributed by atoms with Gasteiger partial charge >= 0.3 is 5.97 Å². The fourth-order valence-corrected chi connectivity index (χ4v) is 1.76. The highest BCUT2D eigenvalue weighted by atomic mass is 79.9. The lowest BCUT2D eigenvalue weighted by molar-refractivity contribution is 0.0600. The molecule has 1 aromatic carbocycles. The van der Waals surface area contributed by atoms with Gasteiger partial charge in [0, 0.05) is 0 Å². The molecular weight excluding hydrogens is 252 g/mol. The second-order valence-electron chi connectivity index (χ2n) is 2.68. The normalized spacial score (nSPS) is 12.7. The van der Waals surface area contributed by atoms with Gasteiger partial charge in [0.2, 0.25) is 6.79 Å². The Hall–Kier alpha value is -1.23. The molecule has 1 aliphatic heterocycles. The predicted octanol–water partition coefficient (Wildman–Crippen LogP) is 1.96. The van der Waals surface area contributed by atoms with Crippen molar-refractivity contribution in [3.8, 4) is 11.5 Å². The van der Waals surface area contributed by atoms with Crippen molar-refractivity contribution in [1.82, 2.24) is 0 Å². The van der Waals surface area contributed by atoms with E-state index >= 15 is 0 Å². The van der Waals surface area contributed by atoms with Crippen LogP contribution in [-0.2, 0) is 4.74 Å². The van der Waals surface area contributed by atoms with E-state index in [1.807, 2.05) is 0 Å². The Morgan fingerprint density at radius 3 is 3.00 bits per heavy atom. The lowest BCUT2D eigenvalue weighted by Gasteiger charge is -2.02. The van der Waals surface area contributed by atoms with Gasteiger partial charge in [-0.1, -0.05) is 0 Å². The lowest BCUT2D eigenvalue weighted by atomic mass is 10.2. The van der Waals surface area contributed by atoms with Gasteiger partial charge in [-0.15, -0.1) is 0 Å². The van der Waals surface area contributed by atoms with Crippen LogP contribution in [0.2, 0.25) is 0 Å². The molecule has 0 aromatic heterocycles. The van der Waals surface area contributed by atoms with Crippen molar-refractivity contribution in [3.63, 3.8) is 0 Å². The van der Waals surface area contributed by atoms with Gasteiger partial charge in [-0.2, -0.15) is 0 Å². The summed E-state index contributed by atoms with van der Waals surface area (Å²) in [6.45, 7) is 0.179. The third kappa shape index (κ3) is 1.43. The summed E-state index contributed by atoms with van der Waals surface area (Å²) in [6, 6.07) is 3.23. The van der Waals surface area contributed by atoms with Crippen LogP contribution in [0.5, 0.6) is 11.5 Å². The Labute approximate surface area is 88.9 Å². The van der Waals surface area contributed by atoms with E-state index in [0.29, 0.717) is 21.5 Å². The number of methoxy groups -OCH3 is 1. The van der Waals surface area contributed by atoms with E-state index in [1.165, 1.54) is 7.11 Å². The molecule has 1 aliphatic rings. The highest BCUT2D eigenvalue weighted by molar-refractivity contribution is 9.10. The van der Waals surface area contributed by atoms with E-state index in [-0.39, 0.29) is 6.79 Å². The summed E-state index contributed by atoms with van der Waals surface area (Å²) in [5, 5.41) is 0. The molecule has 0 bridgehead atoms. The summed E-state index contributed by atoms with van der Waals surface area (Å²) in [6.07, 6.45) is 0. The van der Waals surface area contributed by atoms with Crippen LogP contribution >= 0.6 is 15.9 Å². The number of hydrogen-bond acceptors (Lipinski definition) is 4. The number of ether oxygens (including phenoxy) is 3. The number of fused-ring (bicyclic) bond motifs is 1. The van der Waals surface area contributed by atoms with Gasteiger partial charge in [-0.25, -0.2) is 4.79 Å². The molecule has 0 aliphatic carbocycles. The highest BCUT2D eigenvalue weighted by Crippen LogP contribution is 2.39. The second kappa shape index (κ2) is 3.49. The van der Waals surface area contributed by atoms with Crippen molar-refractivity contribution < 1.29 is 19.0 Å². The maximum atomic E-state index is 11.2. The van der Waals surface area contributed by atoms with Crippen molar-refractivity contribution >= 4 is 21.9 Å². The number of hydrogen-bond donors (Lipinski definition) is 0. The zero-order valence-corrected chi connectivity index (χ0v) is 8.96. The van der Waals surface area contributed by atoms with Crippen LogP contribution in [0.15, 0.2) is 16.6 Å². The van der Waals surface area contributed by atoms with Crippen LogP contribution in [0, 0.1) is 0 Å². The van der Waals surface area contributed by atoms with E-state index in [0.717, 1.165) is 0 Å². The Morgan fingerprint density at radius 1 is 1.50 bits per heavy atom. The largest absolute Gasteiger partial charge is 0.465 e. The van der Waals surface area contributed by atoms with Crippen LogP contribution in [0.3, 0.4) is 0 Å². The first kappa shape index (κ1) is 9.33. The molecule has 0 fully saturated rings. The summed E-state index contributed by atoms with van der Waals surface area (Å²) in [5.74, 6) is 0.779. The van der Waals surface area contributed by atoms with Gasteiger partial charge < -0.3 is 14.2 Å². The summed E-state index contributed by atoms with van der Waals surface area (Å²) in [5.41, 5.74) is 0.434. The van der Waals surface area contributed by atoms with Gasteiger partial charge in [0.15, 0.2) is 11.5 Å². The van der Waals surface area contributed by atoms with E-state index < -0.39 is 5.97 Å². The Kier molecular flexibility index (Phi) is 2.33. The zero-order chi connectivity index (χ0) is 10.1. The fourth-order valence-electron chi connectivity index (χ4n) is 1.20. The summed E-state index contributed by atoms with van der Waals surface area (Å²) in [7, 11) is 1.33. The summed E-state index contributed by atoms with van der Waals surface area (Å²) in [4.78, 5) is 11.2. The Bertz CT molecular complexity index is 389. The van der Waals surface area contributed by atoms with Crippen molar-refractivity contribution in [3.05, 3.63) is 22.2 Å². The molecule has 0 atom stereocenters. The van der Waals surface area contributed by atoms with E-state index in [4.69, 9.17) is 9.47 Å². The molecule has 14 heavy (non-hydrogen) atoms. The maximum Gasteiger partial charge on any atom is 0.338 e. The first-order valence-electron chi connectivity index (χ1n) is 3.90. The van der Waals surface area contributed by atoms with Gasteiger partial charge in [0.25, 0.3) is 0 Å². The molecule has 0 unspecified atom stereocenters. The maximum absolute atomic E-state index is 11.2. The van der Waals surface area contributed by atoms with E-state index in [1.54, 1.807) is 12.1 Å². The number of rotatable bonds is 1. The number of benzene rings is 1. The first-order chi connectivity index (χ1) is 6.72. The van der Waals surface area contributed by atoms with E-state index in [9.17, 15) is 4.79 Å². The quantitative estimate of drug-likeness (QED) is 0.723. The molecule has 0 saturated carbocycles. The van der Waals surface area contributed by atoms with Crippen molar-refractivity contribution in [1.29, 1.82) is 0 Å². The minimum absolute atomic E-state index is 0.179. The first-order valence-corrected chi connectivity index (χ1v) is 4.69. The molecule has 0 spiro atoms. The van der Waals surface area contributed by atoms with Gasteiger partial charge in [0.1, 0.15) is 0 Å². The average molecular weight is 259 g/mol. The van der Waals surface area contributed by atoms with Crippen LogP contribution in [0.25, 0.3) is 0 Å². The number of carbonyl (C=O) groups excluding carboxylic acids is 1. The summed E-state index contributed by atoms with van der Waals surface area (Å²) >= 11 is 3.28. The monoisotopic (exact) mass is 258 g/mol. The predicted molar refractivity (Wildman–Crippen MR) is 51.6 cm³/mol. The third-order valence-corrected chi connectivity index (χ3v) is 2.44. The molecule has 0 amide bonds. The van der Waals surface area contributed by atoms with Crippen LogP contribution in [0.1, 0.15) is 10.4 Å². The van der Waals surface area contributed by atoms with Crippen molar-refractivity contribution in [2.75, 3.05) is 13.9 Å². The molecule has 1 heterocycles. The molecule has 0 saturated heterocycles. The van der Waals surface area contributed by atoms with Crippen LogP contribution in [0.4, 0.5) is 0 Å². The third-order valence-electron chi connectivity index (χ3n) is 1.85. The van der Waals surface area contributed by atoms with Crippen molar-refractivity contribution in [2.45, 2.75) is 0 Å². The second-order valence-corrected chi connectivity index (χ2v) is 3.54. The summed E-state index contributed by atoms with van der Waals surface area (Å²) < 4.78 is 15.6. The van der Waals surface area contributed by atoms with Gasteiger partial charge in [0.05, 0.1) is 17.1 Å². The van der Waals surface area contributed by atoms with Gasteiger partial charge in [-0.05, 0) is 28.1 Å². The Balaban J connectivity index is 2.46. The molecular formula is C9H7BrO4. The number of carbonyl (C=O) groups is 1. The van der Waals surface area contributed by atoms with Crippen molar-refractivity contribution in [2.24, 2.45) is 0 Å². The molecule has 0 N–H and O–H groups in total. The smallest absolute Gasteiger partial charge is 0.338 e. The molecule has 2 rings (SSSR count). The minimum Gasteiger partial charge on any atom is -0.465 e. The van der Waals surface area contributed by atoms with Crippen LogP contribution in [-0.4, -0.2) is 19.9 Å². The zero-order valence-electron chi connectivity index (χ0n) is 7.37. The fraction of sp³-hybridized carbons (Fsp3) is 0.222. The minimum atomic E-state index is -0.399. The SMILES string of the molecule is COC(=O)c1cc(Br)c2c(c1)OCO2. The highest BCUT2D eigenvalue weighted by Gasteiger charge is 2.20. The number of esters is 1. The molecule has 5 heteroatoms. The van der Waals surface area contributed by atoms with Gasteiger partial charge in [-0.3, -0.25) is 0 Å². The van der Waals surface area contributed by atoms with E-state index in [2.05, 4.69) is 20.7 Å². The number of halogens is 1. The molecule has 1 aromatic rings. The Morgan fingerprint density at radius 2 is 2.29 bits per heavy atom. The van der Waals surface area contributed by atoms with Crippen LogP contribution < -0.4 is 9.47 Å². The lowest BCUT2D eigenvalue weighted by Crippen LogP contribution is -2.00. The molecule has 0 radical (unpaired) electrons. The molecule has 74 valence electrons. The standard InChI is InChI=1S/C9H7BrO4/c1-12-9(11)5-2-6(10)8-7(3-5)13-4-14-8/h2-3H,4H2,1H3. The average Bonchev–Trinajstić information content (AvgIpc) is 2.64.